The van der Waals surface area contributed by atoms with Gasteiger partial charge in [0.15, 0.2) is 0 Å². The van der Waals surface area contributed by atoms with Crippen molar-refractivity contribution < 1.29 is 24.1 Å². The Hall–Kier alpha value is -3.08. The lowest BCUT2D eigenvalue weighted by atomic mass is 10.0. The van der Waals surface area contributed by atoms with E-state index in [0.29, 0.717) is 16.7 Å². The van der Waals surface area contributed by atoms with Crippen molar-refractivity contribution in [2.45, 2.75) is 18.3 Å². The van der Waals surface area contributed by atoms with Gasteiger partial charge in [-0.25, -0.2) is 0 Å². The molecule has 0 radical (unpaired) electrons. The predicted molar refractivity (Wildman–Crippen MR) is 110 cm³/mol. The molecule has 0 aromatic heterocycles. The number of aromatic hydroxyl groups is 1. The molecule has 1 fully saturated rings. The minimum atomic E-state index is -3.61. The maximum atomic E-state index is 14.2. The van der Waals surface area contributed by atoms with E-state index in [1.54, 1.807) is 36.4 Å². The largest absolute Gasteiger partial charge is 0.508 e. The number of carbonyl (C=O) groups excluding carboxylic acids is 1. The van der Waals surface area contributed by atoms with Crippen molar-refractivity contribution in [1.82, 2.24) is 0 Å². The molecule has 5 rings (SSSR count). The number of rotatable bonds is 2. The van der Waals surface area contributed by atoms with Crippen LogP contribution in [0.25, 0.3) is 11.1 Å². The van der Waals surface area contributed by atoms with Crippen LogP contribution in [0.15, 0.2) is 72.8 Å². The molecule has 146 valence electrons. The quantitative estimate of drug-likeness (QED) is 0.635. The highest BCUT2D eigenvalue weighted by atomic mass is 31.2. The van der Waals surface area contributed by atoms with Crippen LogP contribution < -0.4 is 14.7 Å². The molecule has 0 aliphatic carbocycles. The van der Waals surface area contributed by atoms with Crippen molar-refractivity contribution in [3.05, 3.63) is 72.8 Å². The van der Waals surface area contributed by atoms with Crippen LogP contribution in [0.4, 0.5) is 5.69 Å². The molecule has 2 aliphatic rings. The molecule has 6 nitrogen and oxygen atoms in total. The third kappa shape index (κ3) is 2.68. The SMILES string of the molecule is O=C1CC(P2(=O)Oc3ccccc3-c3ccccc32)C(O)N1c1ccc(O)cc1. The van der Waals surface area contributed by atoms with Gasteiger partial charge in [0.05, 0.1) is 5.30 Å². The van der Waals surface area contributed by atoms with Crippen LogP contribution in [-0.2, 0) is 9.36 Å². The van der Waals surface area contributed by atoms with E-state index in [9.17, 15) is 19.6 Å². The lowest BCUT2D eigenvalue weighted by Gasteiger charge is -2.34. The first-order valence-electron chi connectivity index (χ1n) is 9.26. The fourth-order valence-electron chi connectivity index (χ4n) is 4.09. The second-order valence-electron chi connectivity index (χ2n) is 7.17. The van der Waals surface area contributed by atoms with Gasteiger partial charge in [0.2, 0.25) is 5.91 Å². The van der Waals surface area contributed by atoms with Gasteiger partial charge >= 0.3 is 0 Å². The Morgan fingerprint density at radius 3 is 2.34 bits per heavy atom. The summed E-state index contributed by atoms with van der Waals surface area (Å²) in [7, 11) is -3.61. The zero-order valence-electron chi connectivity index (χ0n) is 15.3. The Labute approximate surface area is 167 Å². The molecule has 0 bridgehead atoms. The smallest absolute Gasteiger partial charge is 0.285 e. The summed E-state index contributed by atoms with van der Waals surface area (Å²) >= 11 is 0. The van der Waals surface area contributed by atoms with Crippen LogP contribution in [0.3, 0.4) is 0 Å². The number of carbonyl (C=O) groups is 1. The second kappa shape index (κ2) is 6.48. The summed E-state index contributed by atoms with van der Waals surface area (Å²) in [5, 5.41) is 21.0. The molecule has 1 amide bonds. The van der Waals surface area contributed by atoms with Crippen LogP contribution in [0.1, 0.15) is 6.42 Å². The lowest BCUT2D eigenvalue weighted by molar-refractivity contribution is -0.117. The topological polar surface area (TPSA) is 87.1 Å². The summed E-state index contributed by atoms with van der Waals surface area (Å²) in [4.78, 5) is 14.0. The van der Waals surface area contributed by atoms with Crippen LogP contribution in [0, 0.1) is 0 Å². The maximum absolute atomic E-state index is 14.2. The molecule has 2 aliphatic heterocycles. The molecular formula is C22H18NO5P. The van der Waals surface area contributed by atoms with Gasteiger partial charge in [0.1, 0.15) is 23.4 Å². The number of amides is 1. The normalized spacial score (nSPS) is 25.3. The molecule has 7 heteroatoms. The highest BCUT2D eigenvalue weighted by molar-refractivity contribution is 7.68. The van der Waals surface area contributed by atoms with Crippen molar-refractivity contribution in [2.75, 3.05) is 4.90 Å². The number of phenolic OH excluding ortho intramolecular Hbond substituents is 1. The number of nitrogens with zero attached hydrogens (tertiary/aromatic N) is 1. The molecule has 2 N–H and O–H groups in total. The number of hydrogen-bond acceptors (Lipinski definition) is 5. The number of aliphatic hydroxyl groups excluding tert-OH is 1. The summed E-state index contributed by atoms with van der Waals surface area (Å²) in [6, 6.07) is 20.6. The number of aliphatic hydroxyl groups is 1. The Balaban J connectivity index is 1.60. The summed E-state index contributed by atoms with van der Waals surface area (Å²) < 4.78 is 20.2. The minimum Gasteiger partial charge on any atom is -0.508 e. The molecule has 2 heterocycles. The van der Waals surface area contributed by atoms with Gasteiger partial charge in [-0.3, -0.25) is 14.3 Å². The number of benzene rings is 3. The zero-order chi connectivity index (χ0) is 20.2. The average molecular weight is 407 g/mol. The fraction of sp³-hybridized carbons (Fsp3) is 0.136. The average Bonchev–Trinajstić information content (AvgIpc) is 3.04. The van der Waals surface area contributed by atoms with Crippen molar-refractivity contribution in [1.29, 1.82) is 0 Å². The third-order valence-electron chi connectivity index (χ3n) is 5.48. The number of fused-ring (bicyclic) bond motifs is 3. The van der Waals surface area contributed by atoms with Crippen molar-refractivity contribution >= 4 is 24.3 Å². The number of anilines is 1. The Kier molecular flexibility index (Phi) is 4.02. The second-order valence-corrected chi connectivity index (χ2v) is 9.69. The van der Waals surface area contributed by atoms with E-state index in [2.05, 4.69) is 0 Å². The predicted octanol–water partition coefficient (Wildman–Crippen LogP) is 3.48. The van der Waals surface area contributed by atoms with E-state index in [4.69, 9.17) is 4.52 Å². The van der Waals surface area contributed by atoms with Crippen LogP contribution in [-0.4, -0.2) is 28.0 Å². The van der Waals surface area contributed by atoms with Crippen LogP contribution >= 0.6 is 7.37 Å². The first kappa shape index (κ1) is 18.0. The summed E-state index contributed by atoms with van der Waals surface area (Å²) in [5.41, 5.74) is 1.16. The Morgan fingerprint density at radius 2 is 1.59 bits per heavy atom. The van der Waals surface area contributed by atoms with Gasteiger partial charge in [-0.1, -0.05) is 36.4 Å². The van der Waals surface area contributed by atoms with Crippen molar-refractivity contribution in [2.24, 2.45) is 0 Å². The number of phenols is 1. The van der Waals surface area contributed by atoms with Gasteiger partial charge in [0, 0.05) is 17.7 Å². The Morgan fingerprint density at radius 1 is 0.931 bits per heavy atom. The zero-order valence-corrected chi connectivity index (χ0v) is 16.2. The summed E-state index contributed by atoms with van der Waals surface area (Å²) in [6.45, 7) is 0. The van der Waals surface area contributed by atoms with Gasteiger partial charge < -0.3 is 14.7 Å². The van der Waals surface area contributed by atoms with Gasteiger partial charge in [-0.15, -0.1) is 0 Å². The maximum Gasteiger partial charge on any atom is 0.285 e. The Bertz CT molecular complexity index is 1160. The van der Waals surface area contributed by atoms with E-state index in [1.165, 1.54) is 17.0 Å². The highest BCUT2D eigenvalue weighted by Gasteiger charge is 2.53. The molecule has 3 unspecified atom stereocenters. The minimum absolute atomic E-state index is 0.0559. The van der Waals surface area contributed by atoms with E-state index < -0.39 is 19.3 Å². The van der Waals surface area contributed by atoms with E-state index in [0.717, 1.165) is 11.1 Å². The van der Waals surface area contributed by atoms with Gasteiger partial charge in [-0.05, 0) is 42.0 Å². The molecule has 3 atom stereocenters. The number of para-hydroxylation sites is 1. The van der Waals surface area contributed by atoms with E-state index in [1.807, 2.05) is 24.3 Å². The molecule has 1 saturated heterocycles. The van der Waals surface area contributed by atoms with Crippen LogP contribution in [0.2, 0.25) is 0 Å². The van der Waals surface area contributed by atoms with Gasteiger partial charge in [-0.2, -0.15) is 0 Å². The van der Waals surface area contributed by atoms with Gasteiger partial charge in [0.25, 0.3) is 7.37 Å². The van der Waals surface area contributed by atoms with Crippen LogP contribution in [0.5, 0.6) is 11.5 Å². The molecule has 29 heavy (non-hydrogen) atoms. The summed E-state index contributed by atoms with van der Waals surface area (Å²) in [6.07, 6.45) is -1.41. The molecule has 3 aromatic rings. The molecule has 3 aromatic carbocycles. The van der Waals surface area contributed by atoms with E-state index in [-0.39, 0.29) is 18.1 Å². The highest BCUT2D eigenvalue weighted by Crippen LogP contribution is 2.61. The third-order valence-corrected chi connectivity index (χ3v) is 8.33. The standard InChI is InChI=1S/C22H18NO5P/c24-15-11-9-14(10-12-15)23-21(25)13-20(22(23)26)29(27)19-8-4-2-6-17(19)16-5-1-3-7-18(16)28-29/h1-12,20,22,24,26H,13H2. The molecular weight excluding hydrogens is 389 g/mol. The fourth-order valence-corrected chi connectivity index (χ4v) is 6.84. The number of hydrogen-bond donors (Lipinski definition) is 2. The first-order valence-corrected chi connectivity index (χ1v) is 11.0. The molecule has 0 spiro atoms. The summed E-state index contributed by atoms with van der Waals surface area (Å²) in [5.74, 6) is 0.195. The molecule has 0 saturated carbocycles. The first-order chi connectivity index (χ1) is 14.0. The van der Waals surface area contributed by atoms with E-state index >= 15 is 0 Å². The monoisotopic (exact) mass is 407 g/mol. The lowest BCUT2D eigenvalue weighted by Crippen LogP contribution is -2.39. The van der Waals surface area contributed by atoms with Crippen molar-refractivity contribution in [3.63, 3.8) is 0 Å². The van der Waals surface area contributed by atoms with Crippen molar-refractivity contribution in [3.8, 4) is 22.6 Å².